The van der Waals surface area contributed by atoms with Gasteiger partial charge in [0.1, 0.15) is 12.0 Å². The Balaban J connectivity index is 1.39. The van der Waals surface area contributed by atoms with Crippen LogP contribution in [0.15, 0.2) is 115 Å². The number of nitrogens with zero attached hydrogens (tertiary/aromatic N) is 2. The molecule has 9 heteroatoms. The van der Waals surface area contributed by atoms with Crippen molar-refractivity contribution >= 4 is 29.4 Å². The molecule has 8 nitrogen and oxygen atoms in total. The Morgan fingerprint density at radius 2 is 1.44 bits per heavy atom. The summed E-state index contributed by atoms with van der Waals surface area (Å²) in [5.74, 6) is -0.233. The summed E-state index contributed by atoms with van der Waals surface area (Å²) in [5, 5.41) is 11.9. The van der Waals surface area contributed by atoms with Gasteiger partial charge in [0.15, 0.2) is 0 Å². The molecule has 0 aliphatic carbocycles. The van der Waals surface area contributed by atoms with Crippen molar-refractivity contribution in [2.45, 2.75) is 23.1 Å². The average Bonchev–Trinajstić information content (AvgIpc) is 2.98. The first-order valence-electron chi connectivity index (χ1n) is 12.3. The molecular formula is C30H25N3O5S. The SMILES string of the molecule is O=C(NN1C(=O)CC1SC(c1ccccc1)(c1ccccc1)c1ccccc1)OCc1cccc([N+](=O)[O-])c1. The fourth-order valence-electron chi connectivity index (χ4n) is 4.58. The molecule has 5 rings (SSSR count). The zero-order valence-electron chi connectivity index (χ0n) is 20.8. The van der Waals surface area contributed by atoms with Crippen molar-refractivity contribution in [1.29, 1.82) is 0 Å². The van der Waals surface area contributed by atoms with E-state index in [1.54, 1.807) is 17.8 Å². The van der Waals surface area contributed by atoms with Crippen molar-refractivity contribution in [3.8, 4) is 0 Å². The molecule has 1 aliphatic rings. The molecule has 1 N–H and O–H groups in total. The van der Waals surface area contributed by atoms with Crippen molar-refractivity contribution < 1.29 is 19.2 Å². The average molecular weight is 540 g/mol. The fraction of sp³-hybridized carbons (Fsp3) is 0.133. The minimum atomic E-state index is -0.815. The minimum Gasteiger partial charge on any atom is -0.443 e. The number of rotatable bonds is 9. The molecule has 4 aromatic rings. The molecule has 0 spiro atoms. The van der Waals surface area contributed by atoms with E-state index in [-0.39, 0.29) is 30.0 Å². The lowest BCUT2D eigenvalue weighted by Crippen LogP contribution is -2.60. The van der Waals surface area contributed by atoms with E-state index in [9.17, 15) is 19.7 Å². The van der Waals surface area contributed by atoms with Gasteiger partial charge in [0.2, 0.25) is 5.91 Å². The molecule has 1 unspecified atom stereocenters. The zero-order valence-corrected chi connectivity index (χ0v) is 21.6. The molecular weight excluding hydrogens is 514 g/mol. The lowest BCUT2D eigenvalue weighted by atomic mass is 9.84. The first kappa shape index (κ1) is 26.0. The van der Waals surface area contributed by atoms with Crippen molar-refractivity contribution in [2.75, 3.05) is 0 Å². The van der Waals surface area contributed by atoms with Gasteiger partial charge in [0.25, 0.3) is 5.69 Å². The topological polar surface area (TPSA) is 102 Å². The molecule has 0 radical (unpaired) electrons. The number of amides is 2. The van der Waals surface area contributed by atoms with Gasteiger partial charge in [-0.05, 0) is 22.3 Å². The lowest BCUT2D eigenvalue weighted by molar-refractivity contribution is -0.384. The summed E-state index contributed by atoms with van der Waals surface area (Å²) in [5.41, 5.74) is 6.07. The van der Waals surface area contributed by atoms with E-state index >= 15 is 0 Å². The second kappa shape index (κ2) is 11.4. The van der Waals surface area contributed by atoms with Crippen LogP contribution in [0.25, 0.3) is 0 Å². The molecule has 1 aliphatic heterocycles. The number of carbonyl (C=O) groups is 2. The van der Waals surface area contributed by atoms with E-state index in [2.05, 4.69) is 41.8 Å². The van der Waals surface area contributed by atoms with Crippen LogP contribution >= 0.6 is 11.8 Å². The quantitative estimate of drug-likeness (QED) is 0.121. The molecule has 0 bridgehead atoms. The number of nitro benzene ring substituents is 1. The third-order valence-electron chi connectivity index (χ3n) is 6.46. The number of benzene rings is 4. The molecule has 4 aromatic carbocycles. The fourth-order valence-corrected chi connectivity index (χ4v) is 6.31. The molecule has 1 fully saturated rings. The highest BCUT2D eigenvalue weighted by Crippen LogP contribution is 2.52. The molecule has 1 heterocycles. The monoisotopic (exact) mass is 539 g/mol. The maximum atomic E-state index is 12.6. The number of ether oxygens (including phenoxy) is 1. The highest BCUT2D eigenvalue weighted by Gasteiger charge is 2.47. The summed E-state index contributed by atoms with van der Waals surface area (Å²) in [4.78, 5) is 35.8. The molecule has 0 aromatic heterocycles. The van der Waals surface area contributed by atoms with Gasteiger partial charge >= 0.3 is 6.09 Å². The van der Waals surface area contributed by atoms with Crippen LogP contribution in [-0.4, -0.2) is 27.3 Å². The Morgan fingerprint density at radius 3 is 1.92 bits per heavy atom. The maximum absolute atomic E-state index is 12.6. The molecule has 39 heavy (non-hydrogen) atoms. The second-order valence-electron chi connectivity index (χ2n) is 8.93. The first-order chi connectivity index (χ1) is 19.0. The van der Waals surface area contributed by atoms with Crippen LogP contribution in [0.5, 0.6) is 0 Å². The summed E-state index contributed by atoms with van der Waals surface area (Å²) in [6.07, 6.45) is -0.575. The smallest absolute Gasteiger partial charge is 0.426 e. The van der Waals surface area contributed by atoms with Gasteiger partial charge in [-0.1, -0.05) is 103 Å². The highest BCUT2D eigenvalue weighted by atomic mass is 32.2. The van der Waals surface area contributed by atoms with Gasteiger partial charge in [-0.3, -0.25) is 14.9 Å². The lowest BCUT2D eigenvalue weighted by Gasteiger charge is -2.45. The second-order valence-corrected chi connectivity index (χ2v) is 10.3. The molecule has 1 atom stereocenters. The van der Waals surface area contributed by atoms with Crippen LogP contribution in [0.4, 0.5) is 10.5 Å². The van der Waals surface area contributed by atoms with Gasteiger partial charge in [-0.2, -0.15) is 0 Å². The van der Waals surface area contributed by atoms with E-state index in [1.165, 1.54) is 23.2 Å². The van der Waals surface area contributed by atoms with Crippen molar-refractivity contribution in [3.05, 3.63) is 148 Å². The van der Waals surface area contributed by atoms with E-state index in [0.29, 0.717) is 5.56 Å². The molecule has 0 saturated carbocycles. The van der Waals surface area contributed by atoms with E-state index < -0.39 is 15.8 Å². The van der Waals surface area contributed by atoms with Crippen LogP contribution in [-0.2, 0) is 20.9 Å². The normalized spacial score (nSPS) is 14.8. The molecule has 2 amide bonds. The number of non-ortho nitro benzene ring substituents is 1. The Hall–Kier alpha value is -4.63. The Kier molecular flexibility index (Phi) is 7.60. The first-order valence-corrected chi connectivity index (χ1v) is 13.2. The molecule has 196 valence electrons. The Bertz CT molecular complexity index is 1370. The Labute approximate surface area is 229 Å². The van der Waals surface area contributed by atoms with Crippen LogP contribution in [0, 0.1) is 10.1 Å². The summed E-state index contributed by atoms with van der Waals surface area (Å²) in [7, 11) is 0. The largest absolute Gasteiger partial charge is 0.443 e. The number of nitrogens with one attached hydrogen (secondary N) is 1. The predicted octanol–water partition coefficient (Wildman–Crippen LogP) is 6.02. The summed E-state index contributed by atoms with van der Waals surface area (Å²) in [6, 6.07) is 36.1. The van der Waals surface area contributed by atoms with E-state index in [1.807, 2.05) is 54.6 Å². The number of hydrazine groups is 1. The van der Waals surface area contributed by atoms with Crippen LogP contribution in [0.3, 0.4) is 0 Å². The van der Waals surface area contributed by atoms with Crippen molar-refractivity contribution in [3.63, 3.8) is 0 Å². The van der Waals surface area contributed by atoms with E-state index in [0.717, 1.165) is 16.7 Å². The third-order valence-corrected chi connectivity index (χ3v) is 8.17. The minimum absolute atomic E-state index is 0.0926. The number of hydrogen-bond acceptors (Lipinski definition) is 6. The number of carbonyl (C=O) groups excluding carboxylic acids is 2. The van der Waals surface area contributed by atoms with Crippen molar-refractivity contribution in [1.82, 2.24) is 10.4 Å². The zero-order chi connectivity index (χ0) is 27.2. The van der Waals surface area contributed by atoms with Gasteiger partial charge in [-0.15, -0.1) is 11.8 Å². The van der Waals surface area contributed by atoms with Gasteiger partial charge < -0.3 is 4.74 Å². The van der Waals surface area contributed by atoms with Crippen LogP contribution < -0.4 is 5.43 Å². The van der Waals surface area contributed by atoms with Crippen molar-refractivity contribution in [2.24, 2.45) is 0 Å². The van der Waals surface area contributed by atoms with Gasteiger partial charge in [-0.25, -0.2) is 15.2 Å². The van der Waals surface area contributed by atoms with Crippen LogP contribution in [0.1, 0.15) is 28.7 Å². The summed E-state index contributed by atoms with van der Waals surface area (Å²) in [6.45, 7) is -0.171. The summed E-state index contributed by atoms with van der Waals surface area (Å²) >= 11 is 1.57. The van der Waals surface area contributed by atoms with Gasteiger partial charge in [0.05, 0.1) is 16.1 Å². The number of thioether (sulfide) groups is 1. The summed E-state index contributed by atoms with van der Waals surface area (Å²) < 4.78 is 4.61. The number of β-lactam (4-membered cyclic amide) rings is 1. The number of hydrogen-bond donors (Lipinski definition) is 1. The maximum Gasteiger partial charge on any atom is 0.426 e. The van der Waals surface area contributed by atoms with E-state index in [4.69, 9.17) is 4.74 Å². The third kappa shape index (κ3) is 5.49. The predicted molar refractivity (Wildman–Crippen MR) is 148 cm³/mol. The number of nitro groups is 1. The van der Waals surface area contributed by atoms with Gasteiger partial charge in [0, 0.05) is 12.1 Å². The standard InChI is InChI=1S/C30H25N3O5S/c34-27-20-28(32(27)31-29(35)38-21-22-11-10-18-26(19-22)33(36)37)39-30(23-12-4-1-5-13-23,24-14-6-2-7-15-24)25-16-8-3-9-17-25/h1-19,28H,20-21H2,(H,31,35). The Morgan fingerprint density at radius 1 is 0.897 bits per heavy atom. The van der Waals surface area contributed by atoms with Crippen LogP contribution in [0.2, 0.25) is 0 Å². The molecule has 1 saturated heterocycles. The highest BCUT2D eigenvalue weighted by molar-refractivity contribution is 8.01.